The molecule has 41 heavy (non-hydrogen) atoms. The molecule has 0 aliphatic carbocycles. The van der Waals surface area contributed by atoms with Crippen molar-refractivity contribution in [2.75, 3.05) is 5.73 Å². The summed E-state index contributed by atoms with van der Waals surface area (Å²) in [6.07, 6.45) is -4.89. The molecule has 0 bridgehead atoms. The molecule has 0 spiro atoms. The summed E-state index contributed by atoms with van der Waals surface area (Å²) in [6, 6.07) is 13.2. The second-order valence-electron chi connectivity index (χ2n) is 9.50. The van der Waals surface area contributed by atoms with Crippen molar-refractivity contribution in [3.63, 3.8) is 0 Å². The van der Waals surface area contributed by atoms with Crippen molar-refractivity contribution < 1.29 is 33.3 Å². The smallest absolute Gasteiger partial charge is 0.303 e. The molecule has 3 heterocycles. The molecule has 0 amide bonds. The first-order valence-corrected chi connectivity index (χ1v) is 12.6. The lowest BCUT2D eigenvalue weighted by Gasteiger charge is -2.29. The summed E-state index contributed by atoms with van der Waals surface area (Å²) in [7, 11) is 0. The summed E-state index contributed by atoms with van der Waals surface area (Å²) >= 11 is 0. The number of nitrogens with zero attached hydrogens (tertiary/aromatic N) is 3. The minimum Gasteiger partial charge on any atom is -0.455 e. The number of ether oxygens (including phenoxy) is 4. The van der Waals surface area contributed by atoms with Gasteiger partial charge >= 0.3 is 17.9 Å². The zero-order valence-electron chi connectivity index (χ0n) is 22.4. The average molecular weight is 562 g/mol. The number of carbonyl (C=O) groups is 3. The van der Waals surface area contributed by atoms with Crippen LogP contribution in [0.4, 0.5) is 5.95 Å². The number of aromatic amines is 1. The predicted octanol–water partition coefficient (Wildman–Crippen LogP) is 2.26. The number of hydrogen-bond donors (Lipinski definition) is 2. The number of imidazole rings is 1. The van der Waals surface area contributed by atoms with Crippen molar-refractivity contribution >= 4 is 51.4 Å². The number of anilines is 1. The van der Waals surface area contributed by atoms with Crippen molar-refractivity contribution in [2.45, 2.75) is 51.4 Å². The third kappa shape index (κ3) is 5.26. The predicted molar refractivity (Wildman–Crippen MR) is 146 cm³/mol. The van der Waals surface area contributed by atoms with E-state index < -0.39 is 54.1 Å². The van der Waals surface area contributed by atoms with E-state index in [4.69, 9.17) is 24.7 Å². The summed E-state index contributed by atoms with van der Waals surface area (Å²) in [5.41, 5.74) is 6.19. The number of benzene rings is 2. The van der Waals surface area contributed by atoms with Gasteiger partial charge in [0, 0.05) is 20.8 Å². The van der Waals surface area contributed by atoms with Crippen LogP contribution < -0.4 is 11.3 Å². The summed E-state index contributed by atoms with van der Waals surface area (Å²) < 4.78 is 24.7. The molecule has 1 fully saturated rings. The van der Waals surface area contributed by atoms with E-state index in [1.165, 1.54) is 31.7 Å². The molecular weight excluding hydrogens is 534 g/mol. The van der Waals surface area contributed by atoms with E-state index in [0.717, 1.165) is 10.8 Å². The van der Waals surface area contributed by atoms with Gasteiger partial charge in [-0.3, -0.25) is 28.7 Å². The van der Waals surface area contributed by atoms with E-state index in [9.17, 15) is 19.2 Å². The number of nitrogens with two attached hydrogens (primary N) is 1. The van der Waals surface area contributed by atoms with Gasteiger partial charge < -0.3 is 24.7 Å². The maximum atomic E-state index is 12.4. The molecule has 5 rings (SSSR count). The van der Waals surface area contributed by atoms with Gasteiger partial charge in [-0.15, -0.1) is 0 Å². The standard InChI is InChI=1S/C28H27N5O8/c1-13(18-11-7-9-17-8-5-6-10-19(17)18)21(38-14(2)34)22-23(39-15(3)35)24(40-16(4)36)27(41-22)33-12-30-20-25(33)31-28(29)32-26(20)37/h5-12,21-24,27H,1H2,2-4H3,(H3,29,31,32,37)/t21?,22-,23-,24-,27-/m1/s1. The lowest BCUT2D eigenvalue weighted by molar-refractivity contribution is -0.167. The van der Waals surface area contributed by atoms with Crippen LogP contribution >= 0.6 is 0 Å². The highest BCUT2D eigenvalue weighted by molar-refractivity contribution is 5.94. The van der Waals surface area contributed by atoms with Crippen molar-refractivity contribution in [1.82, 2.24) is 19.5 Å². The van der Waals surface area contributed by atoms with Crippen LogP contribution in [0.3, 0.4) is 0 Å². The molecular formula is C28H27N5O8. The third-order valence-corrected chi connectivity index (χ3v) is 6.62. The Morgan fingerprint density at radius 1 is 1.02 bits per heavy atom. The van der Waals surface area contributed by atoms with Gasteiger partial charge in [-0.1, -0.05) is 49.0 Å². The van der Waals surface area contributed by atoms with Gasteiger partial charge in [0.2, 0.25) is 5.95 Å². The second kappa shape index (κ2) is 10.8. The monoisotopic (exact) mass is 561 g/mol. The average Bonchev–Trinajstić information content (AvgIpc) is 3.47. The second-order valence-corrected chi connectivity index (χ2v) is 9.50. The van der Waals surface area contributed by atoms with E-state index in [-0.39, 0.29) is 17.1 Å². The minimum absolute atomic E-state index is 0.0348. The molecule has 0 radical (unpaired) electrons. The molecule has 13 heteroatoms. The maximum absolute atomic E-state index is 12.4. The van der Waals surface area contributed by atoms with Crippen LogP contribution in [0.2, 0.25) is 0 Å². The first-order valence-electron chi connectivity index (χ1n) is 12.6. The highest BCUT2D eigenvalue weighted by Crippen LogP contribution is 2.41. The molecule has 4 aromatic rings. The van der Waals surface area contributed by atoms with E-state index in [1.807, 2.05) is 42.5 Å². The molecule has 3 N–H and O–H groups in total. The number of carbonyl (C=O) groups excluding carboxylic acids is 3. The zero-order chi connectivity index (χ0) is 29.4. The van der Waals surface area contributed by atoms with Gasteiger partial charge in [-0.05, 0) is 21.9 Å². The maximum Gasteiger partial charge on any atom is 0.303 e. The largest absolute Gasteiger partial charge is 0.455 e. The Hall–Kier alpha value is -5.04. The van der Waals surface area contributed by atoms with Gasteiger partial charge in [-0.25, -0.2) is 4.98 Å². The topological polar surface area (TPSA) is 178 Å². The van der Waals surface area contributed by atoms with E-state index in [1.54, 1.807) is 0 Å². The molecule has 212 valence electrons. The Bertz CT molecular complexity index is 1740. The molecule has 2 aromatic heterocycles. The van der Waals surface area contributed by atoms with Crippen molar-refractivity contribution in [2.24, 2.45) is 0 Å². The Balaban J connectivity index is 1.65. The van der Waals surface area contributed by atoms with Gasteiger partial charge in [-0.2, -0.15) is 4.98 Å². The molecule has 0 saturated carbocycles. The first-order chi connectivity index (χ1) is 19.5. The number of H-pyrrole nitrogens is 1. The van der Waals surface area contributed by atoms with E-state index in [2.05, 4.69) is 21.5 Å². The van der Waals surface area contributed by atoms with Gasteiger partial charge in [0.1, 0.15) is 6.10 Å². The van der Waals surface area contributed by atoms with Gasteiger partial charge in [0.25, 0.3) is 5.56 Å². The number of nitrogens with one attached hydrogen (secondary N) is 1. The quantitative estimate of drug-likeness (QED) is 0.250. The fourth-order valence-electron chi connectivity index (χ4n) is 5.08. The lowest BCUT2D eigenvalue weighted by atomic mass is 9.91. The Labute approximate surface area is 232 Å². The molecule has 1 aliphatic heterocycles. The highest BCUT2D eigenvalue weighted by Gasteiger charge is 2.55. The number of nitrogen functional groups attached to an aromatic ring is 1. The van der Waals surface area contributed by atoms with Crippen molar-refractivity contribution in [3.05, 3.63) is 71.3 Å². The number of fused-ring (bicyclic) bond motifs is 2. The Morgan fingerprint density at radius 3 is 2.41 bits per heavy atom. The Kier molecular flexibility index (Phi) is 7.28. The fourth-order valence-corrected chi connectivity index (χ4v) is 5.08. The summed E-state index contributed by atoms with van der Waals surface area (Å²) in [5.74, 6) is -2.23. The van der Waals surface area contributed by atoms with E-state index in [0.29, 0.717) is 11.1 Å². The molecule has 13 nitrogen and oxygen atoms in total. The van der Waals surface area contributed by atoms with Crippen molar-refractivity contribution in [1.29, 1.82) is 0 Å². The van der Waals surface area contributed by atoms with Crippen LogP contribution in [0.1, 0.15) is 32.6 Å². The number of hydrogen-bond acceptors (Lipinski definition) is 11. The lowest BCUT2D eigenvalue weighted by Crippen LogP contribution is -2.45. The molecule has 5 atom stereocenters. The van der Waals surface area contributed by atoms with Crippen LogP contribution in [-0.2, 0) is 33.3 Å². The summed E-state index contributed by atoms with van der Waals surface area (Å²) in [5, 5.41) is 1.76. The highest BCUT2D eigenvalue weighted by atomic mass is 16.7. The zero-order valence-corrected chi connectivity index (χ0v) is 22.4. The minimum atomic E-state index is -1.27. The van der Waals surface area contributed by atoms with Crippen LogP contribution in [0.25, 0.3) is 27.5 Å². The third-order valence-electron chi connectivity index (χ3n) is 6.62. The number of rotatable bonds is 7. The molecule has 1 unspecified atom stereocenters. The number of esters is 3. The Morgan fingerprint density at radius 2 is 1.71 bits per heavy atom. The fraction of sp³-hybridized carbons (Fsp3) is 0.286. The van der Waals surface area contributed by atoms with Gasteiger partial charge in [0.15, 0.2) is 35.7 Å². The molecule has 2 aromatic carbocycles. The molecule has 1 aliphatic rings. The molecule has 1 saturated heterocycles. The first kappa shape index (κ1) is 27.5. The summed E-state index contributed by atoms with van der Waals surface area (Å²) in [4.78, 5) is 60.0. The normalized spacial score (nSPS) is 21.0. The van der Waals surface area contributed by atoms with Crippen LogP contribution in [0.5, 0.6) is 0 Å². The van der Waals surface area contributed by atoms with Crippen LogP contribution in [0.15, 0.2) is 60.2 Å². The summed E-state index contributed by atoms with van der Waals surface area (Å²) in [6.45, 7) is 7.83. The van der Waals surface area contributed by atoms with Crippen LogP contribution in [0, 0.1) is 0 Å². The number of aromatic nitrogens is 4. The van der Waals surface area contributed by atoms with Gasteiger partial charge in [0.05, 0.1) is 6.33 Å². The van der Waals surface area contributed by atoms with E-state index >= 15 is 0 Å². The SMILES string of the molecule is C=C(c1cccc2ccccc12)C(OC(C)=O)[C@H]1O[C@@H](n2cnc3c(=O)[nH]c(N)nc32)[C@H](OC(C)=O)[C@@H]1OC(C)=O. The van der Waals surface area contributed by atoms with Crippen molar-refractivity contribution in [3.8, 4) is 0 Å². The van der Waals surface area contributed by atoms with Crippen LogP contribution in [-0.4, -0.2) is 61.8 Å².